The van der Waals surface area contributed by atoms with Crippen LogP contribution in [0.5, 0.6) is 11.5 Å². The van der Waals surface area contributed by atoms with Crippen molar-refractivity contribution in [2.24, 2.45) is 0 Å². The van der Waals surface area contributed by atoms with E-state index in [2.05, 4.69) is 14.2 Å². The van der Waals surface area contributed by atoms with Gasteiger partial charge in [0.1, 0.15) is 6.10 Å². The Bertz CT molecular complexity index is 832. The molecule has 0 fully saturated rings. The summed E-state index contributed by atoms with van der Waals surface area (Å²) in [5, 5.41) is 1.20. The van der Waals surface area contributed by atoms with Crippen LogP contribution in [0.3, 0.4) is 0 Å². The van der Waals surface area contributed by atoms with E-state index in [4.69, 9.17) is 0 Å². The van der Waals surface area contributed by atoms with Crippen molar-refractivity contribution in [3.05, 3.63) is 23.8 Å². The molecule has 0 saturated carbocycles. The molecule has 1 N–H and O–H groups in total. The van der Waals surface area contributed by atoms with Gasteiger partial charge in [-0.2, -0.15) is 39.5 Å². The number of halogens is 9. The Balaban J connectivity index is 3.22. The highest BCUT2D eigenvalue weighted by molar-refractivity contribution is 5.82. The van der Waals surface area contributed by atoms with Crippen LogP contribution >= 0.6 is 0 Å². The average molecular weight is 471 g/mol. The number of esters is 2. The van der Waals surface area contributed by atoms with E-state index in [0.717, 1.165) is 7.11 Å². The summed E-state index contributed by atoms with van der Waals surface area (Å²) in [6.45, 7) is -1.30. The summed E-state index contributed by atoms with van der Waals surface area (Å²) in [5.74, 6) is -9.59. The van der Waals surface area contributed by atoms with Gasteiger partial charge in [0.2, 0.25) is 0 Å². The SMILES string of the molecule is COc1cc(C(CNC(=O)C(F)(F)F)OC(=O)C(F)(F)F)ccc1OC(=O)C(F)(F)F. The van der Waals surface area contributed by atoms with Crippen LogP contribution < -0.4 is 14.8 Å². The predicted octanol–water partition coefficient (Wildman–Crippen LogP) is 2.99. The predicted molar refractivity (Wildman–Crippen MR) is 78.6 cm³/mol. The molecule has 0 aliphatic rings. The first-order valence-electron chi connectivity index (χ1n) is 7.56. The van der Waals surface area contributed by atoms with E-state index in [1.165, 1.54) is 5.32 Å². The molecule has 1 rings (SSSR count). The summed E-state index contributed by atoms with van der Waals surface area (Å²) in [6, 6.07) is 1.90. The van der Waals surface area contributed by atoms with Crippen LogP contribution in [0.25, 0.3) is 0 Å². The van der Waals surface area contributed by atoms with Gasteiger partial charge in [-0.05, 0) is 17.7 Å². The number of amides is 1. The second-order valence-electron chi connectivity index (χ2n) is 5.40. The minimum atomic E-state index is -5.56. The molecule has 1 aromatic rings. The van der Waals surface area contributed by atoms with Crippen molar-refractivity contribution in [2.45, 2.75) is 24.6 Å². The van der Waals surface area contributed by atoms with E-state index in [-0.39, 0.29) is 0 Å². The topological polar surface area (TPSA) is 90.9 Å². The van der Waals surface area contributed by atoms with E-state index < -0.39 is 66.1 Å². The number of benzene rings is 1. The fourth-order valence-electron chi connectivity index (χ4n) is 1.84. The summed E-state index contributed by atoms with van der Waals surface area (Å²) >= 11 is 0. The number of carbonyl (C=O) groups excluding carboxylic acids is 3. The third-order valence-corrected chi connectivity index (χ3v) is 3.18. The van der Waals surface area contributed by atoms with Gasteiger partial charge in [-0.1, -0.05) is 6.07 Å². The van der Waals surface area contributed by atoms with Crippen LogP contribution in [0.1, 0.15) is 11.7 Å². The van der Waals surface area contributed by atoms with E-state index in [1.54, 1.807) is 0 Å². The molecule has 0 aliphatic heterocycles. The Morgan fingerprint density at radius 2 is 1.42 bits per heavy atom. The monoisotopic (exact) mass is 471 g/mol. The minimum Gasteiger partial charge on any atom is -0.493 e. The van der Waals surface area contributed by atoms with Crippen LogP contribution in [-0.2, 0) is 19.1 Å². The zero-order chi connectivity index (χ0) is 24.2. The Kier molecular flexibility index (Phi) is 7.75. The van der Waals surface area contributed by atoms with Crippen LogP contribution in [0, 0.1) is 0 Å². The van der Waals surface area contributed by atoms with Gasteiger partial charge in [0.05, 0.1) is 13.7 Å². The van der Waals surface area contributed by atoms with Crippen molar-refractivity contribution in [1.29, 1.82) is 0 Å². The van der Waals surface area contributed by atoms with Gasteiger partial charge in [-0.25, -0.2) is 9.59 Å². The van der Waals surface area contributed by atoms with E-state index in [9.17, 15) is 53.9 Å². The first kappa shape index (κ1) is 25.8. The second-order valence-corrected chi connectivity index (χ2v) is 5.40. The average Bonchev–Trinajstić information content (AvgIpc) is 2.62. The third-order valence-electron chi connectivity index (χ3n) is 3.18. The fourth-order valence-corrected chi connectivity index (χ4v) is 1.84. The van der Waals surface area contributed by atoms with Gasteiger partial charge < -0.3 is 19.5 Å². The number of alkyl halides is 9. The molecule has 31 heavy (non-hydrogen) atoms. The van der Waals surface area contributed by atoms with Gasteiger partial charge in [0.15, 0.2) is 11.5 Å². The van der Waals surface area contributed by atoms with Crippen LogP contribution in [0.4, 0.5) is 39.5 Å². The molecule has 0 aliphatic carbocycles. The lowest BCUT2D eigenvalue weighted by atomic mass is 10.1. The molecule has 174 valence electrons. The molecule has 0 heterocycles. The number of hydrogen-bond donors (Lipinski definition) is 1. The summed E-state index contributed by atoms with van der Waals surface area (Å²) in [5.41, 5.74) is -0.538. The van der Waals surface area contributed by atoms with Crippen molar-refractivity contribution in [3.8, 4) is 11.5 Å². The van der Waals surface area contributed by atoms with Crippen molar-refractivity contribution in [2.75, 3.05) is 13.7 Å². The van der Waals surface area contributed by atoms with Crippen molar-refractivity contribution in [1.82, 2.24) is 5.32 Å². The summed E-state index contributed by atoms with van der Waals surface area (Å²) in [7, 11) is 0.853. The molecule has 0 bridgehead atoms. The normalized spacial score (nSPS) is 13.2. The summed E-state index contributed by atoms with van der Waals surface area (Å²) in [6.07, 6.45) is -18.6. The highest BCUT2D eigenvalue weighted by Crippen LogP contribution is 2.34. The smallest absolute Gasteiger partial charge is 0.491 e. The van der Waals surface area contributed by atoms with Crippen LogP contribution in [-0.4, -0.2) is 50.0 Å². The fraction of sp³-hybridized carbons (Fsp3) is 0.400. The molecule has 16 heteroatoms. The number of ether oxygens (including phenoxy) is 3. The first-order valence-corrected chi connectivity index (χ1v) is 7.56. The van der Waals surface area contributed by atoms with Crippen LogP contribution in [0.2, 0.25) is 0 Å². The largest absolute Gasteiger partial charge is 0.493 e. The molecule has 0 radical (unpaired) electrons. The molecule has 1 atom stereocenters. The lowest BCUT2D eigenvalue weighted by Crippen LogP contribution is -2.40. The van der Waals surface area contributed by atoms with Gasteiger partial charge in [0, 0.05) is 0 Å². The van der Waals surface area contributed by atoms with Crippen molar-refractivity contribution < 1.29 is 68.1 Å². The molecule has 0 aromatic heterocycles. The Hall–Kier alpha value is -3.20. The number of methoxy groups -OCH3 is 1. The second kappa shape index (κ2) is 9.30. The lowest BCUT2D eigenvalue weighted by Gasteiger charge is -2.21. The maximum atomic E-state index is 12.4. The quantitative estimate of drug-likeness (QED) is 0.390. The highest BCUT2D eigenvalue weighted by Gasteiger charge is 2.44. The van der Waals surface area contributed by atoms with Gasteiger partial charge >= 0.3 is 36.4 Å². The van der Waals surface area contributed by atoms with Gasteiger partial charge in [0.25, 0.3) is 0 Å². The lowest BCUT2D eigenvalue weighted by molar-refractivity contribution is -0.205. The molecule has 1 unspecified atom stereocenters. The molecular weight excluding hydrogens is 461 g/mol. The van der Waals surface area contributed by atoms with Crippen molar-refractivity contribution >= 4 is 17.8 Å². The van der Waals surface area contributed by atoms with Gasteiger partial charge in [-0.15, -0.1) is 0 Å². The molecule has 0 saturated heterocycles. The first-order chi connectivity index (χ1) is 14.0. The molecular formula is C15H10F9NO6. The number of rotatable bonds is 6. The highest BCUT2D eigenvalue weighted by atomic mass is 19.4. The molecule has 0 spiro atoms. The van der Waals surface area contributed by atoms with E-state index in [0.29, 0.717) is 18.2 Å². The van der Waals surface area contributed by atoms with E-state index in [1.807, 2.05) is 0 Å². The summed E-state index contributed by atoms with van der Waals surface area (Å²) < 4.78 is 124. The molecule has 1 aromatic carbocycles. The number of nitrogens with one attached hydrogen (secondary N) is 1. The standard InChI is InChI=1S/C15H10F9NO6/c1-29-8-4-6(2-3-7(8)30-11(27)14(19,20)21)9(31-12(28)15(22,23)24)5-25-10(26)13(16,17)18/h2-4,9H,5H2,1H3,(H,25,26). The maximum absolute atomic E-state index is 12.4. The maximum Gasteiger partial charge on any atom is 0.491 e. The minimum absolute atomic E-state index is 0.538. The van der Waals surface area contributed by atoms with Gasteiger partial charge in [-0.3, -0.25) is 4.79 Å². The third kappa shape index (κ3) is 7.53. The zero-order valence-electron chi connectivity index (χ0n) is 14.9. The molecule has 7 nitrogen and oxygen atoms in total. The Morgan fingerprint density at radius 3 is 1.87 bits per heavy atom. The van der Waals surface area contributed by atoms with E-state index >= 15 is 0 Å². The Labute approximate surface area is 166 Å². The van der Waals surface area contributed by atoms with Crippen LogP contribution in [0.15, 0.2) is 18.2 Å². The Morgan fingerprint density at radius 1 is 0.871 bits per heavy atom. The zero-order valence-corrected chi connectivity index (χ0v) is 14.9. The molecule has 1 amide bonds. The van der Waals surface area contributed by atoms with Crippen molar-refractivity contribution in [3.63, 3.8) is 0 Å². The number of carbonyl (C=O) groups is 3. The summed E-state index contributed by atoms with van der Waals surface area (Å²) in [4.78, 5) is 32.8. The number of hydrogen-bond acceptors (Lipinski definition) is 6.